The van der Waals surface area contributed by atoms with Crippen LogP contribution in [0.2, 0.25) is 0 Å². The van der Waals surface area contributed by atoms with Crippen LogP contribution >= 0.6 is 0 Å². The van der Waals surface area contributed by atoms with Crippen molar-refractivity contribution >= 4 is 5.91 Å². The Morgan fingerprint density at radius 2 is 2.14 bits per heavy atom. The number of amides is 1. The highest BCUT2D eigenvalue weighted by Crippen LogP contribution is 2.36. The Hall–Kier alpha value is -0.610. The van der Waals surface area contributed by atoms with Gasteiger partial charge < -0.3 is 5.11 Å². The monoisotopic (exact) mass is 198 g/mol. The van der Waals surface area contributed by atoms with Gasteiger partial charge in [-0.15, -0.1) is 0 Å². The van der Waals surface area contributed by atoms with Crippen LogP contribution in [0.15, 0.2) is 0 Å². The van der Waals surface area contributed by atoms with Crippen LogP contribution in [-0.2, 0) is 4.79 Å². The van der Waals surface area contributed by atoms with E-state index in [1.165, 1.54) is 12.8 Å². The molecule has 2 rings (SSSR count). The predicted molar refractivity (Wildman–Crippen MR) is 52.4 cm³/mol. The van der Waals surface area contributed by atoms with E-state index in [1.54, 1.807) is 5.01 Å². The van der Waals surface area contributed by atoms with E-state index < -0.39 is 0 Å². The van der Waals surface area contributed by atoms with Gasteiger partial charge in [-0.1, -0.05) is 12.8 Å². The highest BCUT2D eigenvalue weighted by molar-refractivity contribution is 5.79. The van der Waals surface area contributed by atoms with Crippen LogP contribution in [0, 0.1) is 0 Å². The number of carbonyl (C=O) groups excluding carboxylic acids is 1. The number of nitrogens with one attached hydrogen (secondary N) is 1. The van der Waals surface area contributed by atoms with Crippen LogP contribution in [0.1, 0.15) is 38.5 Å². The van der Waals surface area contributed by atoms with Gasteiger partial charge in [-0.05, 0) is 19.3 Å². The second kappa shape index (κ2) is 3.87. The second-order valence-corrected chi connectivity index (χ2v) is 4.40. The van der Waals surface area contributed by atoms with Crippen molar-refractivity contribution in [1.29, 1.82) is 0 Å². The summed E-state index contributed by atoms with van der Waals surface area (Å²) < 4.78 is 0. The molecule has 80 valence electrons. The number of aliphatic hydroxyl groups is 1. The third-order valence-electron chi connectivity index (χ3n) is 3.26. The smallest absolute Gasteiger partial charge is 0.238 e. The zero-order valence-corrected chi connectivity index (χ0v) is 8.46. The van der Waals surface area contributed by atoms with E-state index in [9.17, 15) is 4.79 Å². The maximum Gasteiger partial charge on any atom is 0.238 e. The molecular formula is C10H18N2O2. The summed E-state index contributed by atoms with van der Waals surface area (Å²) in [6, 6.07) is 0. The topological polar surface area (TPSA) is 52.6 Å². The zero-order valence-electron chi connectivity index (χ0n) is 8.46. The molecule has 2 aliphatic rings. The van der Waals surface area contributed by atoms with Gasteiger partial charge in [0.25, 0.3) is 0 Å². The minimum absolute atomic E-state index is 0.0759. The fourth-order valence-electron chi connectivity index (χ4n) is 2.52. The molecule has 0 atom stereocenters. The maximum absolute atomic E-state index is 11.6. The first-order chi connectivity index (χ1) is 6.76. The number of aliphatic hydroxyl groups excluding tert-OH is 1. The summed E-state index contributed by atoms with van der Waals surface area (Å²) in [6.45, 7) is 0.787. The molecule has 2 N–H and O–H groups in total. The van der Waals surface area contributed by atoms with E-state index in [2.05, 4.69) is 5.43 Å². The Labute approximate surface area is 84.2 Å². The highest BCUT2D eigenvalue weighted by Gasteiger charge is 2.44. The molecule has 14 heavy (non-hydrogen) atoms. The standard InChI is InChI=1S/C10H18N2O2/c13-7-3-6-12-9(14)8-10(11-12)4-1-2-5-10/h11,13H,1-8H2. The van der Waals surface area contributed by atoms with Gasteiger partial charge in [0, 0.05) is 25.1 Å². The van der Waals surface area contributed by atoms with Crippen molar-refractivity contribution < 1.29 is 9.90 Å². The van der Waals surface area contributed by atoms with E-state index in [0.717, 1.165) is 12.8 Å². The van der Waals surface area contributed by atoms with Crippen LogP contribution < -0.4 is 5.43 Å². The molecule has 0 aromatic rings. The Bertz CT molecular complexity index is 224. The Balaban J connectivity index is 1.92. The average molecular weight is 198 g/mol. The third kappa shape index (κ3) is 1.77. The highest BCUT2D eigenvalue weighted by atomic mass is 16.3. The summed E-state index contributed by atoms with van der Waals surface area (Å²) in [6.07, 6.45) is 6.01. The Kier molecular flexibility index (Phi) is 2.74. The van der Waals surface area contributed by atoms with Crippen molar-refractivity contribution in [2.24, 2.45) is 0 Å². The summed E-state index contributed by atoms with van der Waals surface area (Å²) in [7, 11) is 0. The van der Waals surface area contributed by atoms with Crippen molar-refractivity contribution in [3.05, 3.63) is 0 Å². The van der Waals surface area contributed by atoms with Crippen LogP contribution in [0.5, 0.6) is 0 Å². The van der Waals surface area contributed by atoms with Gasteiger partial charge in [0.1, 0.15) is 0 Å². The Morgan fingerprint density at radius 1 is 1.43 bits per heavy atom. The lowest BCUT2D eigenvalue weighted by Crippen LogP contribution is -2.44. The molecule has 1 amide bonds. The average Bonchev–Trinajstić information content (AvgIpc) is 2.72. The minimum Gasteiger partial charge on any atom is -0.396 e. The summed E-state index contributed by atoms with van der Waals surface area (Å²) in [5, 5.41) is 10.4. The fraction of sp³-hybridized carbons (Fsp3) is 0.900. The lowest BCUT2D eigenvalue weighted by molar-refractivity contribution is -0.129. The van der Waals surface area contributed by atoms with Gasteiger partial charge in [-0.2, -0.15) is 0 Å². The molecule has 0 aromatic heterocycles. The first kappa shape index (κ1) is 9.93. The molecule has 1 saturated heterocycles. The van der Waals surface area contributed by atoms with E-state index in [1.807, 2.05) is 0 Å². The van der Waals surface area contributed by atoms with E-state index in [4.69, 9.17) is 5.11 Å². The molecule has 1 spiro atoms. The molecule has 1 saturated carbocycles. The van der Waals surface area contributed by atoms with Gasteiger partial charge in [-0.3, -0.25) is 9.80 Å². The Morgan fingerprint density at radius 3 is 2.79 bits per heavy atom. The molecular weight excluding hydrogens is 180 g/mol. The molecule has 4 heteroatoms. The SMILES string of the molecule is O=C1CC2(CCCC2)NN1CCCO. The summed E-state index contributed by atoms with van der Waals surface area (Å²) in [5.41, 5.74) is 3.40. The maximum atomic E-state index is 11.6. The first-order valence-corrected chi connectivity index (χ1v) is 5.45. The van der Waals surface area contributed by atoms with Crippen LogP contribution in [0.4, 0.5) is 0 Å². The van der Waals surface area contributed by atoms with Gasteiger partial charge in [-0.25, -0.2) is 5.43 Å². The van der Waals surface area contributed by atoms with Crippen molar-refractivity contribution in [2.75, 3.05) is 13.2 Å². The molecule has 0 aromatic carbocycles. The quantitative estimate of drug-likeness (QED) is 0.691. The number of hydrogen-bond donors (Lipinski definition) is 2. The van der Waals surface area contributed by atoms with Gasteiger partial charge >= 0.3 is 0 Å². The number of nitrogens with zero attached hydrogens (tertiary/aromatic N) is 1. The van der Waals surface area contributed by atoms with E-state index in [0.29, 0.717) is 19.4 Å². The lowest BCUT2D eigenvalue weighted by Gasteiger charge is -2.24. The molecule has 0 radical (unpaired) electrons. The van der Waals surface area contributed by atoms with E-state index >= 15 is 0 Å². The normalized spacial score (nSPS) is 25.2. The third-order valence-corrected chi connectivity index (χ3v) is 3.26. The van der Waals surface area contributed by atoms with Crippen molar-refractivity contribution in [2.45, 2.75) is 44.1 Å². The minimum atomic E-state index is 0.0759. The summed E-state index contributed by atoms with van der Waals surface area (Å²) in [5.74, 6) is 0.195. The zero-order chi connectivity index (χ0) is 10.0. The molecule has 1 aliphatic carbocycles. The number of rotatable bonds is 3. The molecule has 4 nitrogen and oxygen atoms in total. The second-order valence-electron chi connectivity index (χ2n) is 4.40. The fourth-order valence-corrected chi connectivity index (χ4v) is 2.52. The van der Waals surface area contributed by atoms with Crippen LogP contribution in [-0.4, -0.2) is 34.7 Å². The van der Waals surface area contributed by atoms with Crippen LogP contribution in [0.25, 0.3) is 0 Å². The van der Waals surface area contributed by atoms with E-state index in [-0.39, 0.29) is 18.1 Å². The molecule has 0 bridgehead atoms. The largest absolute Gasteiger partial charge is 0.396 e. The first-order valence-electron chi connectivity index (χ1n) is 5.45. The molecule has 2 fully saturated rings. The molecule has 1 aliphatic heterocycles. The van der Waals surface area contributed by atoms with Gasteiger partial charge in [0.15, 0.2) is 0 Å². The summed E-state index contributed by atoms with van der Waals surface area (Å²) >= 11 is 0. The van der Waals surface area contributed by atoms with Crippen molar-refractivity contribution in [3.8, 4) is 0 Å². The summed E-state index contributed by atoms with van der Waals surface area (Å²) in [4.78, 5) is 11.6. The van der Waals surface area contributed by atoms with Gasteiger partial charge in [0.05, 0.1) is 0 Å². The number of hydrogen-bond acceptors (Lipinski definition) is 3. The lowest BCUT2D eigenvalue weighted by atomic mass is 9.96. The number of carbonyl (C=O) groups is 1. The van der Waals surface area contributed by atoms with Crippen molar-refractivity contribution in [3.63, 3.8) is 0 Å². The van der Waals surface area contributed by atoms with Gasteiger partial charge in [0.2, 0.25) is 5.91 Å². The predicted octanol–water partition coefficient (Wildman–Crippen LogP) is 0.418. The van der Waals surface area contributed by atoms with Crippen LogP contribution in [0.3, 0.4) is 0 Å². The number of hydrazine groups is 1. The van der Waals surface area contributed by atoms with Crippen molar-refractivity contribution in [1.82, 2.24) is 10.4 Å². The molecule has 0 unspecified atom stereocenters. The molecule has 1 heterocycles.